The van der Waals surface area contributed by atoms with Crippen molar-refractivity contribution in [1.29, 1.82) is 0 Å². The van der Waals surface area contributed by atoms with Crippen LogP contribution in [-0.2, 0) is 28.6 Å². The van der Waals surface area contributed by atoms with Crippen molar-refractivity contribution >= 4 is 17.9 Å². The molecule has 0 radical (unpaired) electrons. The maximum Gasteiger partial charge on any atom is 0.306 e. The van der Waals surface area contributed by atoms with Crippen molar-refractivity contribution in [3.63, 3.8) is 0 Å². The Kier molecular flexibility index (Phi) is 57.8. The zero-order valence-electron chi connectivity index (χ0n) is 47.9. The Morgan fingerprint density at radius 2 is 0.534 bits per heavy atom. The molecule has 0 N–H and O–H groups in total. The summed E-state index contributed by atoms with van der Waals surface area (Å²) in [6, 6.07) is 0. The minimum absolute atomic E-state index is 0.125. The average Bonchev–Trinajstić information content (AvgIpc) is 3.39. The molecule has 73 heavy (non-hydrogen) atoms. The van der Waals surface area contributed by atoms with E-state index in [1.54, 1.807) is 0 Å². The maximum atomic E-state index is 12.9. The van der Waals surface area contributed by atoms with Gasteiger partial charge < -0.3 is 14.2 Å². The largest absolute Gasteiger partial charge is 0.462 e. The summed E-state index contributed by atoms with van der Waals surface area (Å²) < 4.78 is 16.8. The van der Waals surface area contributed by atoms with E-state index >= 15 is 0 Å². The highest BCUT2D eigenvalue weighted by Gasteiger charge is 2.19. The lowest BCUT2D eigenvalue weighted by atomic mass is 10.0. The number of esters is 3. The molecule has 0 aliphatic carbocycles. The number of allylic oxidation sites excluding steroid dienone is 16. The van der Waals surface area contributed by atoms with Gasteiger partial charge in [-0.05, 0) is 89.9 Å². The van der Waals surface area contributed by atoms with Gasteiger partial charge in [0.1, 0.15) is 13.2 Å². The van der Waals surface area contributed by atoms with E-state index in [4.69, 9.17) is 14.2 Å². The van der Waals surface area contributed by atoms with Gasteiger partial charge in [0.2, 0.25) is 0 Å². The first-order chi connectivity index (χ1) is 36.0. The summed E-state index contributed by atoms with van der Waals surface area (Å²) in [6.07, 6.45) is 81.4. The molecule has 1 atom stereocenters. The van der Waals surface area contributed by atoms with Crippen molar-refractivity contribution in [2.75, 3.05) is 13.2 Å². The number of unbranched alkanes of at least 4 members (excludes halogenated alkanes) is 28. The SMILES string of the molecule is CCCCC/C=C\C/C=C\C/C=C\C/C=C\C/C=C\CCC(=O)OC[C@H](COC(=O)CCC/C=C\C/C=C\C/C=C\CCCCCCCC)OC(=O)CCCCCCCCCCCCCCCCCCCCC. The highest BCUT2D eigenvalue weighted by Crippen LogP contribution is 2.16. The van der Waals surface area contributed by atoms with Gasteiger partial charge in [-0.2, -0.15) is 0 Å². The van der Waals surface area contributed by atoms with E-state index in [9.17, 15) is 14.4 Å². The van der Waals surface area contributed by atoms with Gasteiger partial charge in [0, 0.05) is 19.3 Å². The number of carbonyl (C=O) groups excluding carboxylic acids is 3. The molecule has 0 unspecified atom stereocenters. The summed E-state index contributed by atoms with van der Waals surface area (Å²) in [6.45, 7) is 6.52. The first kappa shape index (κ1) is 69.3. The Morgan fingerprint density at radius 3 is 0.918 bits per heavy atom. The van der Waals surface area contributed by atoms with Crippen LogP contribution in [0.3, 0.4) is 0 Å². The second-order valence-electron chi connectivity index (χ2n) is 20.3. The second-order valence-corrected chi connectivity index (χ2v) is 20.3. The number of hydrogen-bond acceptors (Lipinski definition) is 6. The van der Waals surface area contributed by atoms with Gasteiger partial charge in [-0.25, -0.2) is 0 Å². The Labute approximate surface area is 451 Å². The summed E-state index contributed by atoms with van der Waals surface area (Å²) in [5.41, 5.74) is 0. The Bertz CT molecular complexity index is 1440. The third-order valence-corrected chi connectivity index (χ3v) is 13.1. The summed E-state index contributed by atoms with van der Waals surface area (Å²) >= 11 is 0. The second kappa shape index (κ2) is 60.9. The number of carbonyl (C=O) groups is 3. The summed E-state index contributed by atoms with van der Waals surface area (Å²) in [4.78, 5) is 38.2. The standard InChI is InChI=1S/C67H114O6/c1-4-7-10-13-16-19-22-25-28-31-33-36-39-42-45-48-51-54-57-60-66(69)72-63-64(62-71-65(68)59-56-53-50-47-44-41-38-35-30-27-24-21-18-15-12-9-6-3)73-67(70)61-58-55-52-49-46-43-40-37-34-32-29-26-23-20-17-14-11-8-5-2/h16,19,25,27-28,30,33,36,38,41-42,45,47,50-51,54,64H,4-15,17-18,20-24,26,29,31-32,34-35,37,39-40,43-44,46,48-49,52-53,55-63H2,1-3H3/b19-16-,28-25-,30-27-,36-33-,41-38-,45-42-,50-47-,54-51-/t64-/m0/s1. The third-order valence-electron chi connectivity index (χ3n) is 13.1. The van der Waals surface area contributed by atoms with Crippen molar-refractivity contribution in [2.45, 2.75) is 297 Å². The molecule has 6 heteroatoms. The average molecular weight is 1020 g/mol. The van der Waals surface area contributed by atoms with Crippen molar-refractivity contribution in [3.05, 3.63) is 97.2 Å². The molecule has 0 amide bonds. The molecular formula is C67H114O6. The van der Waals surface area contributed by atoms with E-state index in [0.717, 1.165) is 64.2 Å². The van der Waals surface area contributed by atoms with E-state index < -0.39 is 6.10 Å². The number of hydrogen-bond donors (Lipinski definition) is 0. The molecule has 0 aliphatic heterocycles. The fraction of sp³-hybridized carbons (Fsp3) is 0.716. The third kappa shape index (κ3) is 59.1. The summed E-state index contributed by atoms with van der Waals surface area (Å²) in [5, 5.41) is 0. The molecule has 0 saturated heterocycles. The van der Waals surface area contributed by atoms with Gasteiger partial charge in [-0.15, -0.1) is 0 Å². The molecule has 0 aliphatic rings. The fourth-order valence-corrected chi connectivity index (χ4v) is 8.44. The predicted molar refractivity (Wildman–Crippen MR) is 316 cm³/mol. The van der Waals surface area contributed by atoms with E-state index in [1.807, 2.05) is 6.08 Å². The summed E-state index contributed by atoms with van der Waals surface area (Å²) in [5.74, 6) is -1.05. The van der Waals surface area contributed by atoms with E-state index in [-0.39, 0.29) is 44.0 Å². The lowest BCUT2D eigenvalue weighted by Gasteiger charge is -2.18. The van der Waals surface area contributed by atoms with Crippen LogP contribution in [0.2, 0.25) is 0 Å². The normalized spacial score (nSPS) is 12.8. The highest BCUT2D eigenvalue weighted by atomic mass is 16.6. The Morgan fingerprint density at radius 1 is 0.274 bits per heavy atom. The molecule has 0 fully saturated rings. The maximum absolute atomic E-state index is 12.9. The van der Waals surface area contributed by atoms with Gasteiger partial charge in [-0.1, -0.05) is 279 Å². The lowest BCUT2D eigenvalue weighted by Crippen LogP contribution is -2.30. The van der Waals surface area contributed by atoms with Crippen molar-refractivity contribution in [3.8, 4) is 0 Å². The minimum atomic E-state index is -0.828. The molecule has 0 saturated carbocycles. The van der Waals surface area contributed by atoms with Gasteiger partial charge in [-0.3, -0.25) is 14.4 Å². The van der Waals surface area contributed by atoms with Crippen molar-refractivity contribution in [2.24, 2.45) is 0 Å². The van der Waals surface area contributed by atoms with Crippen molar-refractivity contribution < 1.29 is 28.6 Å². The molecule has 0 aromatic heterocycles. The van der Waals surface area contributed by atoms with Crippen LogP contribution in [0.5, 0.6) is 0 Å². The zero-order chi connectivity index (χ0) is 52.9. The van der Waals surface area contributed by atoms with Gasteiger partial charge in [0.15, 0.2) is 6.10 Å². The molecule has 6 nitrogen and oxygen atoms in total. The molecule has 0 bridgehead atoms. The van der Waals surface area contributed by atoms with Gasteiger partial charge in [0.05, 0.1) is 0 Å². The number of ether oxygens (including phenoxy) is 3. The van der Waals surface area contributed by atoms with Crippen LogP contribution in [0.25, 0.3) is 0 Å². The summed E-state index contributed by atoms with van der Waals surface area (Å²) in [7, 11) is 0. The zero-order valence-corrected chi connectivity index (χ0v) is 47.9. The number of rotatable bonds is 55. The van der Waals surface area contributed by atoms with Crippen LogP contribution in [0.1, 0.15) is 290 Å². The van der Waals surface area contributed by atoms with Crippen LogP contribution in [-0.4, -0.2) is 37.2 Å². The quantitative estimate of drug-likeness (QED) is 0.0261. The molecule has 418 valence electrons. The molecule has 0 aromatic rings. The topological polar surface area (TPSA) is 78.9 Å². The smallest absolute Gasteiger partial charge is 0.306 e. The monoisotopic (exact) mass is 1010 g/mol. The highest BCUT2D eigenvalue weighted by molar-refractivity contribution is 5.71. The van der Waals surface area contributed by atoms with Crippen LogP contribution < -0.4 is 0 Å². The molecule has 0 aromatic carbocycles. The first-order valence-corrected chi connectivity index (χ1v) is 30.7. The molecule has 0 heterocycles. The van der Waals surface area contributed by atoms with Gasteiger partial charge in [0.25, 0.3) is 0 Å². The lowest BCUT2D eigenvalue weighted by molar-refractivity contribution is -0.166. The first-order valence-electron chi connectivity index (χ1n) is 30.7. The van der Waals surface area contributed by atoms with E-state index in [1.165, 1.54) is 173 Å². The fourth-order valence-electron chi connectivity index (χ4n) is 8.44. The van der Waals surface area contributed by atoms with Crippen LogP contribution >= 0.6 is 0 Å². The van der Waals surface area contributed by atoms with E-state index in [0.29, 0.717) is 19.3 Å². The molecular weight excluding hydrogens is 901 g/mol. The van der Waals surface area contributed by atoms with E-state index in [2.05, 4.69) is 112 Å². The van der Waals surface area contributed by atoms with Crippen LogP contribution in [0.15, 0.2) is 97.2 Å². The van der Waals surface area contributed by atoms with Crippen molar-refractivity contribution in [1.82, 2.24) is 0 Å². The predicted octanol–water partition coefficient (Wildman–Crippen LogP) is 20.9. The minimum Gasteiger partial charge on any atom is -0.462 e. The molecule has 0 spiro atoms. The Hall–Kier alpha value is -3.67. The van der Waals surface area contributed by atoms with Crippen LogP contribution in [0, 0.1) is 0 Å². The Balaban J connectivity index is 4.54. The van der Waals surface area contributed by atoms with Crippen LogP contribution in [0.4, 0.5) is 0 Å². The van der Waals surface area contributed by atoms with Gasteiger partial charge >= 0.3 is 17.9 Å². The molecule has 0 rings (SSSR count).